The maximum Gasteiger partial charge on any atom is 0.304 e. The molecule has 1 aliphatic rings. The Balaban J connectivity index is 1.50. The van der Waals surface area contributed by atoms with E-state index in [0.29, 0.717) is 6.61 Å². The summed E-state index contributed by atoms with van der Waals surface area (Å²) in [6.45, 7) is 1.18. The molecule has 28 heavy (non-hydrogen) atoms. The second-order valence-electron chi connectivity index (χ2n) is 7.23. The molecule has 2 aromatic carbocycles. The van der Waals surface area contributed by atoms with Gasteiger partial charge in [-0.25, -0.2) is 8.42 Å². The number of nitrogens with zero attached hydrogens (tertiary/aromatic N) is 1. The second kappa shape index (κ2) is 6.98. The van der Waals surface area contributed by atoms with Gasteiger partial charge in [-0.3, -0.25) is 4.79 Å². The number of fused-ring (bicyclic) bond motifs is 3. The molecule has 0 aliphatic carbocycles. The minimum atomic E-state index is -3.20. The summed E-state index contributed by atoms with van der Waals surface area (Å²) in [5.41, 5.74) is 3.05. The van der Waals surface area contributed by atoms with Crippen LogP contribution in [0.4, 0.5) is 0 Å². The molecule has 1 aliphatic heterocycles. The first-order valence-corrected chi connectivity index (χ1v) is 11.0. The monoisotopic (exact) mass is 399 g/mol. The van der Waals surface area contributed by atoms with Gasteiger partial charge >= 0.3 is 5.97 Å². The minimum Gasteiger partial charge on any atom is -0.489 e. The van der Waals surface area contributed by atoms with E-state index in [1.54, 1.807) is 24.3 Å². The summed E-state index contributed by atoms with van der Waals surface area (Å²) in [7, 11) is -3.20. The minimum absolute atomic E-state index is 0.0580. The Morgan fingerprint density at radius 1 is 1.18 bits per heavy atom. The zero-order valence-electron chi connectivity index (χ0n) is 15.5. The molecule has 146 valence electrons. The number of carbonyl (C=O) groups is 1. The molecule has 1 atom stereocenters. The van der Waals surface area contributed by atoms with Crippen LogP contribution in [0.3, 0.4) is 0 Å². The number of carboxylic acids is 1. The number of aromatic nitrogens is 1. The van der Waals surface area contributed by atoms with Crippen molar-refractivity contribution in [2.24, 2.45) is 0 Å². The molecule has 0 radical (unpaired) electrons. The van der Waals surface area contributed by atoms with Gasteiger partial charge in [0.2, 0.25) is 0 Å². The molecule has 0 bridgehead atoms. The molecule has 4 rings (SSSR count). The van der Waals surface area contributed by atoms with Crippen molar-refractivity contribution in [3.63, 3.8) is 0 Å². The van der Waals surface area contributed by atoms with Crippen molar-refractivity contribution in [3.8, 4) is 5.75 Å². The quantitative estimate of drug-likeness (QED) is 0.685. The predicted octanol–water partition coefficient (Wildman–Crippen LogP) is 3.59. The fraction of sp³-hybridized carbons (Fsp3) is 0.286. The standard InChI is InChI=1S/C21H21NO5S/c1-28(25,26)18-5-2-14(3-6-18)13-27-17-4-7-19-16(10-17)11-20-15(12-21(23)24)8-9-22(19)20/h2-7,10-11,15H,8-9,12-13H2,1H3,(H,23,24). The van der Waals surface area contributed by atoms with Crippen molar-refractivity contribution < 1.29 is 23.1 Å². The lowest BCUT2D eigenvalue weighted by atomic mass is 10.0. The smallest absolute Gasteiger partial charge is 0.304 e. The molecule has 1 N–H and O–H groups in total. The number of hydrogen-bond donors (Lipinski definition) is 1. The van der Waals surface area contributed by atoms with E-state index in [0.717, 1.165) is 40.9 Å². The first-order chi connectivity index (χ1) is 13.3. The number of rotatable bonds is 6. The Kier molecular flexibility index (Phi) is 4.63. The van der Waals surface area contributed by atoms with Gasteiger partial charge in [0.25, 0.3) is 0 Å². The Bertz CT molecular complexity index is 1150. The number of hydrogen-bond acceptors (Lipinski definition) is 4. The number of carboxylic acid groups (broad SMARTS) is 1. The van der Waals surface area contributed by atoms with Crippen LogP contribution >= 0.6 is 0 Å². The highest BCUT2D eigenvalue weighted by Crippen LogP contribution is 2.37. The van der Waals surface area contributed by atoms with Crippen LogP contribution in [0.1, 0.15) is 30.0 Å². The largest absolute Gasteiger partial charge is 0.489 e. The first-order valence-electron chi connectivity index (χ1n) is 9.08. The lowest BCUT2D eigenvalue weighted by Gasteiger charge is -2.08. The van der Waals surface area contributed by atoms with Crippen LogP contribution in [0, 0.1) is 0 Å². The van der Waals surface area contributed by atoms with Gasteiger partial charge in [-0.2, -0.15) is 0 Å². The summed E-state index contributed by atoms with van der Waals surface area (Å²) >= 11 is 0. The second-order valence-corrected chi connectivity index (χ2v) is 9.25. The Labute approximate surface area is 163 Å². The number of ether oxygens (including phenoxy) is 1. The SMILES string of the molecule is CS(=O)(=O)c1ccc(COc2ccc3c(c2)cc2n3CCC2CC(=O)O)cc1. The van der Waals surface area contributed by atoms with Gasteiger partial charge in [-0.05, 0) is 48.4 Å². The maximum absolute atomic E-state index is 11.5. The fourth-order valence-corrected chi connectivity index (χ4v) is 4.43. The highest BCUT2D eigenvalue weighted by atomic mass is 32.2. The van der Waals surface area contributed by atoms with E-state index in [9.17, 15) is 13.2 Å². The van der Waals surface area contributed by atoms with Gasteiger partial charge in [0.15, 0.2) is 9.84 Å². The summed E-state index contributed by atoms with van der Waals surface area (Å²) in [5.74, 6) is 0.0102. The van der Waals surface area contributed by atoms with Gasteiger partial charge in [-0.1, -0.05) is 12.1 Å². The molecule has 0 fully saturated rings. The van der Waals surface area contributed by atoms with Crippen LogP contribution in [-0.2, 0) is 27.8 Å². The van der Waals surface area contributed by atoms with Crippen LogP contribution in [0.2, 0.25) is 0 Å². The van der Waals surface area contributed by atoms with Gasteiger partial charge in [0.05, 0.1) is 11.3 Å². The topological polar surface area (TPSA) is 85.6 Å². The molecule has 6 nitrogen and oxygen atoms in total. The number of aryl methyl sites for hydroxylation is 1. The van der Waals surface area contributed by atoms with Gasteiger partial charge in [-0.15, -0.1) is 0 Å². The Hall–Kier alpha value is -2.80. The van der Waals surface area contributed by atoms with E-state index in [1.165, 1.54) is 6.26 Å². The van der Waals surface area contributed by atoms with Crippen molar-refractivity contribution in [1.82, 2.24) is 4.57 Å². The summed E-state index contributed by atoms with van der Waals surface area (Å²) in [6.07, 6.45) is 2.20. The third-order valence-electron chi connectivity index (χ3n) is 5.20. The molecular formula is C21H21NO5S. The zero-order valence-corrected chi connectivity index (χ0v) is 16.3. The lowest BCUT2D eigenvalue weighted by Crippen LogP contribution is -2.02. The van der Waals surface area contributed by atoms with Crippen LogP contribution in [0.15, 0.2) is 53.4 Å². The van der Waals surface area contributed by atoms with E-state index in [1.807, 2.05) is 18.2 Å². The van der Waals surface area contributed by atoms with E-state index < -0.39 is 15.8 Å². The van der Waals surface area contributed by atoms with E-state index >= 15 is 0 Å². The van der Waals surface area contributed by atoms with Crippen LogP contribution in [0.25, 0.3) is 10.9 Å². The summed E-state index contributed by atoms with van der Waals surface area (Å²) in [4.78, 5) is 11.4. The van der Waals surface area contributed by atoms with E-state index in [4.69, 9.17) is 9.84 Å². The van der Waals surface area contributed by atoms with Gasteiger partial charge in [0.1, 0.15) is 12.4 Å². The number of aliphatic carboxylic acids is 1. The molecule has 0 amide bonds. The van der Waals surface area contributed by atoms with Crippen LogP contribution in [-0.4, -0.2) is 30.3 Å². The van der Waals surface area contributed by atoms with Crippen LogP contribution in [0.5, 0.6) is 5.75 Å². The number of benzene rings is 2. The molecule has 0 saturated carbocycles. The number of sulfone groups is 1. The van der Waals surface area contributed by atoms with Crippen molar-refractivity contribution in [1.29, 1.82) is 0 Å². The molecular weight excluding hydrogens is 378 g/mol. The maximum atomic E-state index is 11.5. The molecule has 0 saturated heterocycles. The van der Waals surface area contributed by atoms with Crippen molar-refractivity contribution in [2.75, 3.05) is 6.26 Å². The predicted molar refractivity (Wildman–Crippen MR) is 105 cm³/mol. The van der Waals surface area contributed by atoms with Gasteiger partial charge < -0.3 is 14.4 Å². The summed E-state index contributed by atoms with van der Waals surface area (Å²) in [6, 6.07) is 14.6. The van der Waals surface area contributed by atoms with E-state index in [2.05, 4.69) is 10.6 Å². The average molecular weight is 399 g/mol. The third-order valence-corrected chi connectivity index (χ3v) is 6.33. The molecule has 1 aromatic heterocycles. The van der Waals surface area contributed by atoms with Crippen molar-refractivity contribution >= 4 is 26.7 Å². The normalized spacial score (nSPS) is 16.2. The van der Waals surface area contributed by atoms with E-state index in [-0.39, 0.29) is 17.2 Å². The molecule has 3 aromatic rings. The van der Waals surface area contributed by atoms with Crippen molar-refractivity contribution in [3.05, 3.63) is 59.8 Å². The highest BCUT2D eigenvalue weighted by Gasteiger charge is 2.26. The van der Waals surface area contributed by atoms with Gasteiger partial charge in [0, 0.05) is 35.3 Å². The molecule has 0 spiro atoms. The lowest BCUT2D eigenvalue weighted by molar-refractivity contribution is -0.137. The third kappa shape index (κ3) is 3.62. The summed E-state index contributed by atoms with van der Waals surface area (Å²) in [5, 5.41) is 10.1. The zero-order chi connectivity index (χ0) is 19.9. The molecule has 1 unspecified atom stereocenters. The van der Waals surface area contributed by atoms with Crippen LogP contribution < -0.4 is 4.74 Å². The molecule has 2 heterocycles. The Morgan fingerprint density at radius 3 is 2.61 bits per heavy atom. The molecule has 7 heteroatoms. The Morgan fingerprint density at radius 2 is 1.93 bits per heavy atom. The fourth-order valence-electron chi connectivity index (χ4n) is 3.80. The highest BCUT2D eigenvalue weighted by molar-refractivity contribution is 7.90. The summed E-state index contributed by atoms with van der Waals surface area (Å²) < 4.78 is 31.1. The first kappa shape index (κ1) is 18.6. The van der Waals surface area contributed by atoms with Crippen molar-refractivity contribution in [2.45, 2.75) is 36.8 Å². The average Bonchev–Trinajstić information content (AvgIpc) is 3.18.